The maximum absolute atomic E-state index is 5.67. The SMILES string of the molecule is CN=C(NCc1nc(-c2ccccc2)cs1)N1CCC(COCCOC)C1. The van der Waals surface area contributed by atoms with Gasteiger partial charge in [0.25, 0.3) is 0 Å². The summed E-state index contributed by atoms with van der Waals surface area (Å²) in [5.74, 6) is 1.48. The second-order valence-corrected chi connectivity index (χ2v) is 7.50. The van der Waals surface area contributed by atoms with Crippen LogP contribution in [0.4, 0.5) is 0 Å². The van der Waals surface area contributed by atoms with Gasteiger partial charge in [-0.25, -0.2) is 4.98 Å². The van der Waals surface area contributed by atoms with E-state index in [-0.39, 0.29) is 0 Å². The van der Waals surface area contributed by atoms with Crippen LogP contribution >= 0.6 is 11.3 Å². The lowest BCUT2D eigenvalue weighted by molar-refractivity contribution is 0.0536. The fourth-order valence-electron chi connectivity index (χ4n) is 3.17. The number of nitrogens with zero attached hydrogens (tertiary/aromatic N) is 3. The Labute approximate surface area is 165 Å². The number of benzene rings is 1. The first-order chi connectivity index (χ1) is 13.3. The molecule has 0 bridgehead atoms. The number of aromatic nitrogens is 1. The van der Waals surface area contributed by atoms with E-state index in [0.717, 1.165) is 48.3 Å². The predicted octanol–water partition coefficient (Wildman–Crippen LogP) is 2.87. The Morgan fingerprint density at radius 2 is 2.19 bits per heavy atom. The summed E-state index contributed by atoms with van der Waals surface area (Å²) in [6, 6.07) is 10.3. The van der Waals surface area contributed by atoms with Crippen LogP contribution in [0.3, 0.4) is 0 Å². The number of likely N-dealkylation sites (tertiary alicyclic amines) is 1. The fourth-order valence-corrected chi connectivity index (χ4v) is 3.92. The monoisotopic (exact) mass is 388 g/mol. The first-order valence-electron chi connectivity index (χ1n) is 9.32. The number of hydrogen-bond acceptors (Lipinski definition) is 5. The highest BCUT2D eigenvalue weighted by atomic mass is 32.1. The maximum Gasteiger partial charge on any atom is 0.194 e. The van der Waals surface area contributed by atoms with Gasteiger partial charge in [-0.15, -0.1) is 11.3 Å². The minimum Gasteiger partial charge on any atom is -0.382 e. The third kappa shape index (κ3) is 5.76. The van der Waals surface area contributed by atoms with Crippen LogP contribution < -0.4 is 5.32 Å². The van der Waals surface area contributed by atoms with Crippen LogP contribution in [0.15, 0.2) is 40.7 Å². The van der Waals surface area contributed by atoms with Gasteiger partial charge >= 0.3 is 0 Å². The molecule has 1 aromatic carbocycles. The van der Waals surface area contributed by atoms with Crippen molar-refractivity contribution in [3.63, 3.8) is 0 Å². The maximum atomic E-state index is 5.67. The van der Waals surface area contributed by atoms with Crippen LogP contribution in [-0.2, 0) is 16.0 Å². The average molecular weight is 389 g/mol. The van der Waals surface area contributed by atoms with Crippen molar-refractivity contribution in [2.75, 3.05) is 47.1 Å². The number of aliphatic imine (C=N–C) groups is 1. The number of hydrogen-bond donors (Lipinski definition) is 1. The van der Waals surface area contributed by atoms with Crippen LogP contribution in [0.1, 0.15) is 11.4 Å². The molecule has 27 heavy (non-hydrogen) atoms. The molecule has 1 unspecified atom stereocenters. The van der Waals surface area contributed by atoms with Crippen LogP contribution in [0.25, 0.3) is 11.3 Å². The standard InChI is InChI=1S/C20H28N4O2S/c1-21-20(24-9-8-16(13-24)14-26-11-10-25-2)22-12-19-23-18(15-27-19)17-6-4-3-5-7-17/h3-7,15-16H,8-14H2,1-2H3,(H,21,22). The summed E-state index contributed by atoms with van der Waals surface area (Å²) in [5.41, 5.74) is 2.18. The molecular weight excluding hydrogens is 360 g/mol. The van der Waals surface area contributed by atoms with Gasteiger partial charge in [-0.1, -0.05) is 30.3 Å². The highest BCUT2D eigenvalue weighted by molar-refractivity contribution is 7.09. The smallest absolute Gasteiger partial charge is 0.194 e. The lowest BCUT2D eigenvalue weighted by Crippen LogP contribution is -2.39. The molecule has 0 amide bonds. The van der Waals surface area contributed by atoms with E-state index in [1.54, 1.807) is 18.4 Å². The third-order valence-electron chi connectivity index (χ3n) is 4.60. The summed E-state index contributed by atoms with van der Waals surface area (Å²) in [4.78, 5) is 11.5. The molecule has 1 aliphatic rings. The Morgan fingerprint density at radius 1 is 1.33 bits per heavy atom. The topological polar surface area (TPSA) is 59.0 Å². The number of ether oxygens (including phenoxy) is 2. The van der Waals surface area contributed by atoms with E-state index in [1.807, 2.05) is 25.2 Å². The number of guanidine groups is 1. The van der Waals surface area contributed by atoms with Crippen LogP contribution in [0, 0.1) is 5.92 Å². The van der Waals surface area contributed by atoms with Crippen LogP contribution in [-0.4, -0.2) is 62.9 Å². The van der Waals surface area contributed by atoms with Gasteiger partial charge in [0, 0.05) is 44.1 Å². The molecule has 0 spiro atoms. The molecule has 1 aliphatic heterocycles. The molecule has 1 atom stereocenters. The molecule has 1 saturated heterocycles. The van der Waals surface area contributed by atoms with E-state index in [0.29, 0.717) is 25.7 Å². The van der Waals surface area contributed by atoms with Gasteiger partial charge in [-0.05, 0) is 6.42 Å². The number of rotatable bonds is 8. The summed E-state index contributed by atoms with van der Waals surface area (Å²) in [5, 5.41) is 6.63. The quantitative estimate of drug-likeness (QED) is 0.428. The minimum atomic E-state index is 0.546. The van der Waals surface area contributed by atoms with E-state index in [2.05, 4.69) is 32.7 Å². The Kier molecular flexibility index (Phi) is 7.62. The molecular formula is C20H28N4O2S. The van der Waals surface area contributed by atoms with Gasteiger partial charge in [0.15, 0.2) is 5.96 Å². The fraction of sp³-hybridized carbons (Fsp3) is 0.500. The molecule has 1 fully saturated rings. The summed E-state index contributed by atoms with van der Waals surface area (Å²) in [6.45, 7) is 4.76. The normalized spacial score (nSPS) is 17.5. The molecule has 2 heterocycles. The first-order valence-corrected chi connectivity index (χ1v) is 10.2. The average Bonchev–Trinajstić information content (AvgIpc) is 3.37. The van der Waals surface area contributed by atoms with E-state index in [4.69, 9.17) is 14.5 Å². The van der Waals surface area contributed by atoms with E-state index in [1.165, 1.54) is 0 Å². The lowest BCUT2D eigenvalue weighted by Gasteiger charge is -2.21. The zero-order chi connectivity index (χ0) is 18.9. The second-order valence-electron chi connectivity index (χ2n) is 6.56. The summed E-state index contributed by atoms with van der Waals surface area (Å²) < 4.78 is 10.7. The van der Waals surface area contributed by atoms with Crippen molar-refractivity contribution in [2.24, 2.45) is 10.9 Å². The highest BCUT2D eigenvalue weighted by Crippen LogP contribution is 2.22. The van der Waals surface area contributed by atoms with Gasteiger partial charge in [-0.3, -0.25) is 4.99 Å². The van der Waals surface area contributed by atoms with Gasteiger partial charge in [0.2, 0.25) is 0 Å². The molecule has 3 rings (SSSR count). The van der Waals surface area contributed by atoms with Gasteiger partial charge in [0.05, 0.1) is 32.1 Å². The zero-order valence-electron chi connectivity index (χ0n) is 16.1. The van der Waals surface area contributed by atoms with Gasteiger partial charge in [-0.2, -0.15) is 0 Å². The highest BCUT2D eigenvalue weighted by Gasteiger charge is 2.25. The Morgan fingerprint density at radius 3 is 2.96 bits per heavy atom. The van der Waals surface area contributed by atoms with Crippen molar-refractivity contribution in [1.82, 2.24) is 15.2 Å². The number of nitrogens with one attached hydrogen (secondary N) is 1. The Bertz CT molecular complexity index is 720. The number of thiazole rings is 1. The molecule has 1 aromatic heterocycles. The van der Waals surface area contributed by atoms with Gasteiger partial charge in [0.1, 0.15) is 5.01 Å². The Hall–Kier alpha value is -1.96. The molecule has 146 valence electrons. The van der Waals surface area contributed by atoms with E-state index >= 15 is 0 Å². The zero-order valence-corrected chi connectivity index (χ0v) is 16.9. The van der Waals surface area contributed by atoms with Crippen molar-refractivity contribution < 1.29 is 9.47 Å². The van der Waals surface area contributed by atoms with E-state index < -0.39 is 0 Å². The van der Waals surface area contributed by atoms with Crippen molar-refractivity contribution in [3.8, 4) is 11.3 Å². The van der Waals surface area contributed by atoms with Crippen LogP contribution in [0.2, 0.25) is 0 Å². The van der Waals surface area contributed by atoms with Crippen LogP contribution in [0.5, 0.6) is 0 Å². The van der Waals surface area contributed by atoms with Crippen molar-refractivity contribution in [1.29, 1.82) is 0 Å². The molecule has 6 nitrogen and oxygen atoms in total. The molecule has 2 aromatic rings. The second kappa shape index (κ2) is 10.4. The molecule has 1 N–H and O–H groups in total. The largest absolute Gasteiger partial charge is 0.382 e. The number of methoxy groups -OCH3 is 1. The van der Waals surface area contributed by atoms with Crippen molar-refractivity contribution in [2.45, 2.75) is 13.0 Å². The van der Waals surface area contributed by atoms with Gasteiger partial charge < -0.3 is 19.7 Å². The third-order valence-corrected chi connectivity index (χ3v) is 5.45. The van der Waals surface area contributed by atoms with Crippen molar-refractivity contribution >= 4 is 17.3 Å². The lowest BCUT2D eigenvalue weighted by atomic mass is 10.1. The molecule has 7 heteroatoms. The van der Waals surface area contributed by atoms with Crippen molar-refractivity contribution in [3.05, 3.63) is 40.7 Å². The molecule has 0 saturated carbocycles. The first kappa shape index (κ1) is 19.8. The Balaban J connectivity index is 1.47. The summed E-state index contributed by atoms with van der Waals surface area (Å²) in [6.07, 6.45) is 1.13. The predicted molar refractivity (Wildman–Crippen MR) is 110 cm³/mol. The molecule has 0 aliphatic carbocycles. The van der Waals surface area contributed by atoms with E-state index in [9.17, 15) is 0 Å². The minimum absolute atomic E-state index is 0.546. The molecule has 0 radical (unpaired) electrons. The summed E-state index contributed by atoms with van der Waals surface area (Å²) in [7, 11) is 3.53. The summed E-state index contributed by atoms with van der Waals surface area (Å²) >= 11 is 1.68.